The molecule has 2 fully saturated rings. The van der Waals surface area contributed by atoms with Gasteiger partial charge in [-0.2, -0.15) is 0 Å². The van der Waals surface area contributed by atoms with Crippen LogP contribution in [0.2, 0.25) is 5.02 Å². The van der Waals surface area contributed by atoms with Crippen LogP contribution in [0, 0.1) is 5.92 Å². The van der Waals surface area contributed by atoms with E-state index in [4.69, 9.17) is 11.6 Å². The zero-order valence-electron chi connectivity index (χ0n) is 14.2. The molecule has 2 aromatic rings. The molecule has 132 valence electrons. The number of carbonyl (C=O) groups is 1. The van der Waals surface area contributed by atoms with E-state index in [0.29, 0.717) is 27.9 Å². The molecular formula is C19H22ClN3O2. The molecule has 4 rings (SSSR count). The predicted molar refractivity (Wildman–Crippen MR) is 97.7 cm³/mol. The van der Waals surface area contributed by atoms with Gasteiger partial charge in [0.05, 0.1) is 17.2 Å². The second-order valence-corrected chi connectivity index (χ2v) is 7.62. The van der Waals surface area contributed by atoms with Gasteiger partial charge in [0, 0.05) is 17.6 Å². The number of hydrogen-bond donors (Lipinski definition) is 0. The molecular weight excluding hydrogens is 338 g/mol. The third-order valence-electron chi connectivity index (χ3n) is 5.66. The highest BCUT2D eigenvalue weighted by atomic mass is 35.5. The van der Waals surface area contributed by atoms with E-state index in [1.807, 2.05) is 4.90 Å². The average molecular weight is 360 g/mol. The fourth-order valence-corrected chi connectivity index (χ4v) is 4.59. The van der Waals surface area contributed by atoms with E-state index >= 15 is 0 Å². The van der Waals surface area contributed by atoms with Gasteiger partial charge in [-0.15, -0.1) is 0 Å². The molecule has 2 aliphatic rings. The topological polar surface area (TPSA) is 55.2 Å². The van der Waals surface area contributed by atoms with Gasteiger partial charge in [-0.25, -0.2) is 4.98 Å². The first-order chi connectivity index (χ1) is 12.1. The summed E-state index contributed by atoms with van der Waals surface area (Å²) in [5, 5.41) is 0.952. The summed E-state index contributed by atoms with van der Waals surface area (Å²) in [6.07, 6.45) is 8.55. The number of amides is 1. The van der Waals surface area contributed by atoms with E-state index in [1.165, 1.54) is 36.6 Å². The maximum atomic E-state index is 12.9. The van der Waals surface area contributed by atoms with Crippen molar-refractivity contribution in [2.75, 3.05) is 6.54 Å². The van der Waals surface area contributed by atoms with Gasteiger partial charge in [0.15, 0.2) is 0 Å². The molecule has 6 heteroatoms. The Kier molecular flexibility index (Phi) is 4.50. The monoisotopic (exact) mass is 359 g/mol. The third-order valence-corrected chi connectivity index (χ3v) is 5.89. The fraction of sp³-hybridized carbons (Fsp3) is 0.526. The molecule has 1 aromatic heterocycles. The van der Waals surface area contributed by atoms with Crippen LogP contribution in [-0.2, 0) is 11.3 Å². The van der Waals surface area contributed by atoms with E-state index in [9.17, 15) is 9.59 Å². The van der Waals surface area contributed by atoms with Crippen LogP contribution in [0.15, 0.2) is 29.3 Å². The number of hydrogen-bond acceptors (Lipinski definition) is 3. The van der Waals surface area contributed by atoms with Crippen LogP contribution >= 0.6 is 11.6 Å². The Morgan fingerprint density at radius 1 is 1.20 bits per heavy atom. The molecule has 5 nitrogen and oxygen atoms in total. The second kappa shape index (κ2) is 6.79. The summed E-state index contributed by atoms with van der Waals surface area (Å²) in [6, 6.07) is 5.41. The van der Waals surface area contributed by atoms with Crippen molar-refractivity contribution in [1.29, 1.82) is 0 Å². The summed E-state index contributed by atoms with van der Waals surface area (Å²) in [5.74, 6) is 0.665. The Morgan fingerprint density at radius 2 is 2.00 bits per heavy atom. The largest absolute Gasteiger partial charge is 0.338 e. The Morgan fingerprint density at radius 3 is 2.88 bits per heavy atom. The molecule has 0 bridgehead atoms. The second-order valence-electron chi connectivity index (χ2n) is 7.18. The van der Waals surface area contributed by atoms with Crippen molar-refractivity contribution >= 4 is 28.4 Å². The summed E-state index contributed by atoms with van der Waals surface area (Å²) in [6.45, 7) is 0.860. The van der Waals surface area contributed by atoms with Crippen molar-refractivity contribution in [2.24, 2.45) is 5.92 Å². The van der Waals surface area contributed by atoms with Gasteiger partial charge in [-0.3, -0.25) is 14.2 Å². The minimum Gasteiger partial charge on any atom is -0.338 e. The lowest BCUT2D eigenvalue weighted by atomic mass is 9.78. The number of likely N-dealkylation sites (tertiary alicyclic amines) is 1. The van der Waals surface area contributed by atoms with Crippen molar-refractivity contribution in [1.82, 2.24) is 14.5 Å². The summed E-state index contributed by atoms with van der Waals surface area (Å²) in [4.78, 5) is 31.9. The molecule has 0 unspecified atom stereocenters. The van der Waals surface area contributed by atoms with E-state index in [2.05, 4.69) is 4.98 Å². The van der Waals surface area contributed by atoms with Crippen molar-refractivity contribution in [3.8, 4) is 0 Å². The Labute approximate surface area is 151 Å². The lowest BCUT2D eigenvalue weighted by molar-refractivity contribution is -0.138. The molecule has 0 radical (unpaired) electrons. The number of carbonyl (C=O) groups excluding carboxylic acids is 1. The molecule has 1 aliphatic heterocycles. The lowest BCUT2D eigenvalue weighted by Gasteiger charge is -2.44. The number of nitrogens with zero attached hydrogens (tertiary/aromatic N) is 3. The summed E-state index contributed by atoms with van der Waals surface area (Å²) in [7, 11) is 0. The van der Waals surface area contributed by atoms with E-state index < -0.39 is 0 Å². The van der Waals surface area contributed by atoms with Gasteiger partial charge < -0.3 is 4.90 Å². The normalized spacial score (nSPS) is 23.5. The Bertz CT molecular complexity index is 861. The van der Waals surface area contributed by atoms with Crippen LogP contribution < -0.4 is 5.56 Å². The molecule has 1 saturated heterocycles. The molecule has 1 saturated carbocycles. The number of benzene rings is 1. The maximum Gasteiger partial charge on any atom is 0.261 e. The molecule has 0 spiro atoms. The number of piperidine rings is 1. The summed E-state index contributed by atoms with van der Waals surface area (Å²) < 4.78 is 1.41. The first-order valence-corrected chi connectivity index (χ1v) is 9.45. The average Bonchev–Trinajstić information content (AvgIpc) is 2.64. The van der Waals surface area contributed by atoms with Crippen molar-refractivity contribution in [3.63, 3.8) is 0 Å². The lowest BCUT2D eigenvalue weighted by Crippen LogP contribution is -2.51. The minimum absolute atomic E-state index is 0.0295. The number of fused-ring (bicyclic) bond motifs is 2. The van der Waals surface area contributed by atoms with Crippen LogP contribution in [0.4, 0.5) is 0 Å². The SMILES string of the molecule is O=C(Cn1cnc2ccc(Cl)cc2c1=O)N1CCC[C@@H]2CCCC[C@H]21. The quantitative estimate of drug-likeness (QED) is 0.827. The minimum atomic E-state index is -0.210. The molecule has 25 heavy (non-hydrogen) atoms. The zero-order chi connectivity index (χ0) is 17.4. The van der Waals surface area contributed by atoms with Crippen molar-refractivity contribution in [2.45, 2.75) is 51.1 Å². The maximum absolute atomic E-state index is 12.9. The van der Waals surface area contributed by atoms with Crippen molar-refractivity contribution < 1.29 is 4.79 Å². The first-order valence-electron chi connectivity index (χ1n) is 9.07. The highest BCUT2D eigenvalue weighted by molar-refractivity contribution is 6.31. The van der Waals surface area contributed by atoms with E-state index in [0.717, 1.165) is 19.4 Å². The van der Waals surface area contributed by atoms with Gasteiger partial charge >= 0.3 is 0 Å². The number of rotatable bonds is 2. The molecule has 2 atom stereocenters. The van der Waals surface area contributed by atoms with E-state index in [-0.39, 0.29) is 18.0 Å². The third kappa shape index (κ3) is 3.17. The van der Waals surface area contributed by atoms with Gasteiger partial charge in [-0.1, -0.05) is 24.4 Å². The van der Waals surface area contributed by atoms with Gasteiger partial charge in [-0.05, 0) is 49.8 Å². The van der Waals surface area contributed by atoms with Gasteiger partial charge in [0.25, 0.3) is 5.56 Å². The Balaban J connectivity index is 1.59. The van der Waals surface area contributed by atoms with Crippen LogP contribution in [-0.4, -0.2) is 32.9 Å². The number of aromatic nitrogens is 2. The zero-order valence-corrected chi connectivity index (χ0v) is 14.9. The van der Waals surface area contributed by atoms with E-state index in [1.54, 1.807) is 18.2 Å². The standard InChI is InChI=1S/C19H22ClN3O2/c20-14-7-8-16-15(10-14)19(25)22(12-21-16)11-18(24)23-9-3-5-13-4-1-2-6-17(13)23/h7-8,10,12-13,17H,1-6,9,11H2/t13-,17+/m0/s1. The smallest absolute Gasteiger partial charge is 0.261 e. The molecule has 2 heterocycles. The molecule has 1 aromatic carbocycles. The summed E-state index contributed by atoms with van der Waals surface area (Å²) in [5.41, 5.74) is 0.390. The summed E-state index contributed by atoms with van der Waals surface area (Å²) >= 11 is 6.00. The predicted octanol–water partition coefficient (Wildman–Crippen LogP) is 3.23. The Hall–Kier alpha value is -1.88. The van der Waals surface area contributed by atoms with Crippen LogP contribution in [0.1, 0.15) is 38.5 Å². The highest BCUT2D eigenvalue weighted by Crippen LogP contribution is 2.35. The number of halogens is 1. The first kappa shape index (κ1) is 16.6. The molecule has 1 aliphatic carbocycles. The van der Waals surface area contributed by atoms with Crippen LogP contribution in [0.25, 0.3) is 10.9 Å². The van der Waals surface area contributed by atoms with Crippen LogP contribution in [0.5, 0.6) is 0 Å². The van der Waals surface area contributed by atoms with Gasteiger partial charge in [0.2, 0.25) is 5.91 Å². The molecule has 1 amide bonds. The van der Waals surface area contributed by atoms with Crippen LogP contribution in [0.3, 0.4) is 0 Å². The fourth-order valence-electron chi connectivity index (χ4n) is 4.41. The van der Waals surface area contributed by atoms with Crippen molar-refractivity contribution in [3.05, 3.63) is 39.9 Å². The highest BCUT2D eigenvalue weighted by Gasteiger charge is 2.35. The van der Waals surface area contributed by atoms with Gasteiger partial charge in [0.1, 0.15) is 6.54 Å². The molecule has 0 N–H and O–H groups in total.